The maximum Gasteiger partial charge on any atom is 0.253 e. The van der Waals surface area contributed by atoms with Gasteiger partial charge in [-0.05, 0) is 37.1 Å². The Balaban J connectivity index is 1.49. The molecular formula is C21H26N4O4. The second kappa shape index (κ2) is 7.87. The number of likely N-dealkylation sites (tertiary alicyclic amines) is 1. The molecule has 2 amide bonds. The molecule has 4 rings (SSSR count). The van der Waals surface area contributed by atoms with Crippen molar-refractivity contribution in [2.24, 2.45) is 0 Å². The summed E-state index contributed by atoms with van der Waals surface area (Å²) in [6, 6.07) is 9.04. The number of amides is 2. The van der Waals surface area contributed by atoms with Crippen molar-refractivity contribution in [3.63, 3.8) is 0 Å². The number of benzene rings is 1. The van der Waals surface area contributed by atoms with Crippen molar-refractivity contribution in [2.75, 3.05) is 45.4 Å². The molecule has 1 aromatic carbocycles. The smallest absolute Gasteiger partial charge is 0.253 e. The molecule has 0 radical (unpaired) electrons. The molecule has 8 nitrogen and oxygen atoms in total. The Kier molecular flexibility index (Phi) is 5.27. The molecule has 8 heteroatoms. The fourth-order valence-electron chi connectivity index (χ4n) is 4.30. The van der Waals surface area contributed by atoms with Gasteiger partial charge in [-0.1, -0.05) is 0 Å². The van der Waals surface area contributed by atoms with E-state index in [1.165, 1.54) is 0 Å². The molecule has 2 aliphatic heterocycles. The van der Waals surface area contributed by atoms with E-state index in [2.05, 4.69) is 5.10 Å². The fraction of sp³-hybridized carbons (Fsp3) is 0.476. The summed E-state index contributed by atoms with van der Waals surface area (Å²) in [5.74, 6) is 1.63. The van der Waals surface area contributed by atoms with Crippen LogP contribution in [-0.4, -0.2) is 67.0 Å². The summed E-state index contributed by atoms with van der Waals surface area (Å²) < 4.78 is 12.3. The second-order valence-corrected chi connectivity index (χ2v) is 7.56. The van der Waals surface area contributed by atoms with Crippen molar-refractivity contribution in [3.8, 4) is 5.75 Å². The van der Waals surface area contributed by atoms with Crippen LogP contribution in [0.2, 0.25) is 0 Å². The van der Waals surface area contributed by atoms with Gasteiger partial charge in [0.05, 0.1) is 38.4 Å². The molecule has 3 heterocycles. The van der Waals surface area contributed by atoms with Crippen molar-refractivity contribution in [1.29, 1.82) is 0 Å². The molecule has 2 aromatic rings. The lowest BCUT2D eigenvalue weighted by atomic mass is 9.82. The first-order valence-electron chi connectivity index (χ1n) is 9.85. The van der Waals surface area contributed by atoms with Crippen LogP contribution in [-0.2, 0) is 15.1 Å². The molecule has 1 fully saturated rings. The molecule has 0 unspecified atom stereocenters. The van der Waals surface area contributed by atoms with Crippen LogP contribution < -0.4 is 9.64 Å². The molecule has 0 atom stereocenters. The average Bonchev–Trinajstić information content (AvgIpc) is 3.25. The minimum atomic E-state index is -0.365. The summed E-state index contributed by atoms with van der Waals surface area (Å²) in [7, 11) is 3.23. The third kappa shape index (κ3) is 3.48. The maximum atomic E-state index is 12.9. The van der Waals surface area contributed by atoms with Gasteiger partial charge in [0.15, 0.2) is 0 Å². The van der Waals surface area contributed by atoms with Gasteiger partial charge in [-0.3, -0.25) is 14.5 Å². The number of nitrogens with zero attached hydrogens (tertiary/aromatic N) is 4. The monoisotopic (exact) mass is 398 g/mol. The normalized spacial score (nSPS) is 18.1. The van der Waals surface area contributed by atoms with Gasteiger partial charge in [-0.2, -0.15) is 5.10 Å². The Morgan fingerprint density at radius 2 is 1.86 bits per heavy atom. The summed E-state index contributed by atoms with van der Waals surface area (Å²) in [6.07, 6.45) is 3.54. The number of carbonyl (C=O) groups excluding carboxylic acids is 2. The van der Waals surface area contributed by atoms with Gasteiger partial charge in [0, 0.05) is 31.8 Å². The molecule has 1 saturated heterocycles. The van der Waals surface area contributed by atoms with Gasteiger partial charge in [0.25, 0.3) is 5.91 Å². The molecule has 29 heavy (non-hydrogen) atoms. The molecule has 0 aliphatic carbocycles. The Hall–Kier alpha value is -2.87. The lowest BCUT2D eigenvalue weighted by Crippen LogP contribution is -2.55. The third-order valence-electron chi connectivity index (χ3n) is 5.97. The number of rotatable bonds is 5. The lowest BCUT2D eigenvalue weighted by Gasteiger charge is -2.46. The number of ether oxygens (including phenoxy) is 2. The van der Waals surface area contributed by atoms with Gasteiger partial charge in [0.2, 0.25) is 5.91 Å². The van der Waals surface area contributed by atoms with E-state index < -0.39 is 0 Å². The van der Waals surface area contributed by atoms with E-state index >= 15 is 0 Å². The number of methoxy groups -OCH3 is 2. The second-order valence-electron chi connectivity index (χ2n) is 7.56. The predicted molar refractivity (Wildman–Crippen MR) is 107 cm³/mol. The van der Waals surface area contributed by atoms with Crippen LogP contribution in [0.4, 0.5) is 5.82 Å². The maximum absolute atomic E-state index is 12.9. The highest BCUT2D eigenvalue weighted by atomic mass is 16.5. The highest BCUT2D eigenvalue weighted by molar-refractivity contribution is 5.95. The van der Waals surface area contributed by atoms with E-state index in [1.54, 1.807) is 49.6 Å². The Labute approximate surface area is 170 Å². The van der Waals surface area contributed by atoms with E-state index in [-0.39, 0.29) is 17.4 Å². The van der Waals surface area contributed by atoms with Gasteiger partial charge in [0.1, 0.15) is 11.6 Å². The molecule has 2 aliphatic rings. The topological polar surface area (TPSA) is 76.9 Å². The van der Waals surface area contributed by atoms with Crippen LogP contribution in [0.25, 0.3) is 0 Å². The van der Waals surface area contributed by atoms with Crippen molar-refractivity contribution in [2.45, 2.75) is 24.8 Å². The molecular weight excluding hydrogens is 372 g/mol. The van der Waals surface area contributed by atoms with Gasteiger partial charge < -0.3 is 14.4 Å². The number of anilines is 1. The first-order valence-corrected chi connectivity index (χ1v) is 9.85. The zero-order valence-corrected chi connectivity index (χ0v) is 16.8. The standard InChI is InChI=1S/C21H26N4O4/c1-28-14-13-24-18-7-10-22-25(18)21(15-19(24)26)8-11-23(12-9-21)20(27)16-3-5-17(29-2)6-4-16/h3-7,10H,8-9,11-15H2,1-2H3. The van der Waals surface area contributed by atoms with Crippen molar-refractivity contribution >= 4 is 17.6 Å². The zero-order valence-electron chi connectivity index (χ0n) is 16.8. The number of aromatic nitrogens is 2. The summed E-state index contributed by atoms with van der Waals surface area (Å²) in [4.78, 5) is 29.3. The van der Waals surface area contributed by atoms with Crippen LogP contribution in [0, 0.1) is 0 Å². The molecule has 0 N–H and O–H groups in total. The molecule has 154 valence electrons. The van der Waals surface area contributed by atoms with Crippen LogP contribution in [0.5, 0.6) is 5.75 Å². The van der Waals surface area contributed by atoms with Crippen LogP contribution >= 0.6 is 0 Å². The van der Waals surface area contributed by atoms with Gasteiger partial charge >= 0.3 is 0 Å². The van der Waals surface area contributed by atoms with Crippen LogP contribution in [0.15, 0.2) is 36.5 Å². The minimum Gasteiger partial charge on any atom is -0.497 e. The van der Waals surface area contributed by atoms with Crippen molar-refractivity contribution < 1.29 is 19.1 Å². The van der Waals surface area contributed by atoms with E-state index in [4.69, 9.17) is 9.47 Å². The van der Waals surface area contributed by atoms with E-state index in [1.807, 2.05) is 15.6 Å². The average molecular weight is 398 g/mol. The molecule has 0 bridgehead atoms. The van der Waals surface area contributed by atoms with E-state index in [0.29, 0.717) is 51.1 Å². The largest absolute Gasteiger partial charge is 0.497 e. The number of piperidine rings is 1. The highest BCUT2D eigenvalue weighted by Crippen LogP contribution is 2.41. The number of hydrogen-bond donors (Lipinski definition) is 0. The van der Waals surface area contributed by atoms with Gasteiger partial charge in [-0.25, -0.2) is 4.68 Å². The first-order chi connectivity index (χ1) is 14.1. The summed E-state index contributed by atoms with van der Waals surface area (Å²) in [6.45, 7) is 2.18. The molecule has 0 saturated carbocycles. The lowest BCUT2D eigenvalue weighted by molar-refractivity contribution is -0.123. The number of hydrogen-bond acceptors (Lipinski definition) is 5. The number of carbonyl (C=O) groups is 2. The zero-order chi connectivity index (χ0) is 20.4. The third-order valence-corrected chi connectivity index (χ3v) is 5.97. The van der Waals surface area contributed by atoms with Crippen LogP contribution in [0.3, 0.4) is 0 Å². The predicted octanol–water partition coefficient (Wildman–Crippen LogP) is 1.91. The SMILES string of the molecule is COCCN1C(=O)CC2(CCN(C(=O)c3ccc(OC)cc3)CC2)n2nccc21. The Morgan fingerprint density at radius 1 is 1.14 bits per heavy atom. The van der Waals surface area contributed by atoms with Crippen molar-refractivity contribution in [3.05, 3.63) is 42.1 Å². The summed E-state index contributed by atoms with van der Waals surface area (Å²) in [5, 5.41) is 4.54. The van der Waals surface area contributed by atoms with E-state index in [0.717, 1.165) is 11.6 Å². The number of fused-ring (bicyclic) bond motifs is 2. The summed E-state index contributed by atoms with van der Waals surface area (Å²) in [5.41, 5.74) is 0.280. The highest BCUT2D eigenvalue weighted by Gasteiger charge is 2.46. The molecule has 1 spiro atoms. The fourth-order valence-corrected chi connectivity index (χ4v) is 4.30. The van der Waals surface area contributed by atoms with Gasteiger partial charge in [-0.15, -0.1) is 0 Å². The molecule has 1 aromatic heterocycles. The Bertz CT molecular complexity index is 884. The van der Waals surface area contributed by atoms with E-state index in [9.17, 15) is 9.59 Å². The van der Waals surface area contributed by atoms with Crippen LogP contribution in [0.1, 0.15) is 29.6 Å². The Morgan fingerprint density at radius 3 is 2.52 bits per heavy atom. The minimum absolute atomic E-state index is 0.00653. The first kappa shape index (κ1) is 19.4. The quantitative estimate of drug-likeness (QED) is 0.769. The van der Waals surface area contributed by atoms with Crippen molar-refractivity contribution in [1.82, 2.24) is 14.7 Å². The summed E-state index contributed by atoms with van der Waals surface area (Å²) >= 11 is 0.